The molecule has 1 N–H and O–H groups in total. The molecule has 3 nitrogen and oxygen atoms in total. The Bertz CT molecular complexity index is 650. The van der Waals surface area contributed by atoms with Crippen molar-refractivity contribution in [1.29, 1.82) is 0 Å². The van der Waals surface area contributed by atoms with Crippen molar-refractivity contribution in [2.24, 2.45) is 7.05 Å². The Morgan fingerprint density at radius 1 is 1.40 bits per heavy atom. The lowest BCUT2D eigenvalue weighted by molar-refractivity contribution is 0.0551. The van der Waals surface area contributed by atoms with Crippen molar-refractivity contribution in [1.82, 2.24) is 9.78 Å². The second-order valence-corrected chi connectivity index (χ2v) is 6.18. The molecule has 0 saturated carbocycles. The molecule has 0 spiro atoms. The van der Waals surface area contributed by atoms with Crippen LogP contribution >= 0.6 is 15.9 Å². The molecule has 2 aromatic rings. The van der Waals surface area contributed by atoms with E-state index in [-0.39, 0.29) is 5.82 Å². The predicted octanol–water partition coefficient (Wildman–Crippen LogP) is 3.39. The minimum atomic E-state index is -1.16. The van der Waals surface area contributed by atoms with Crippen LogP contribution in [0.25, 0.3) is 0 Å². The van der Waals surface area contributed by atoms with Crippen LogP contribution in [0.1, 0.15) is 29.4 Å². The molecule has 0 aliphatic heterocycles. The molecule has 0 fully saturated rings. The first-order valence-corrected chi connectivity index (χ1v) is 7.18. The van der Waals surface area contributed by atoms with Crippen molar-refractivity contribution in [3.63, 3.8) is 0 Å². The molecule has 0 aliphatic rings. The molecule has 108 valence electrons. The first-order chi connectivity index (χ1) is 9.22. The van der Waals surface area contributed by atoms with Gasteiger partial charge in [0, 0.05) is 13.5 Å². The Labute approximate surface area is 126 Å². The third-order valence-corrected chi connectivity index (χ3v) is 4.60. The highest BCUT2D eigenvalue weighted by atomic mass is 79.9. The van der Waals surface area contributed by atoms with E-state index in [2.05, 4.69) is 21.0 Å². The van der Waals surface area contributed by atoms with E-state index in [0.717, 1.165) is 15.9 Å². The Balaban J connectivity index is 2.37. The van der Waals surface area contributed by atoms with Crippen LogP contribution in [0.5, 0.6) is 0 Å². The average Bonchev–Trinajstić information content (AvgIpc) is 2.59. The number of halogens is 2. The van der Waals surface area contributed by atoms with E-state index in [9.17, 15) is 9.50 Å². The minimum Gasteiger partial charge on any atom is -0.385 e. The SMILES string of the molecule is Cc1ccc(C(C)(O)Cc2c(Br)c(C)nn2C)cc1F. The number of hydrogen-bond acceptors (Lipinski definition) is 2. The molecule has 20 heavy (non-hydrogen) atoms. The maximum Gasteiger partial charge on any atom is 0.126 e. The average molecular weight is 341 g/mol. The fraction of sp³-hybridized carbons (Fsp3) is 0.400. The van der Waals surface area contributed by atoms with Crippen molar-refractivity contribution < 1.29 is 9.50 Å². The van der Waals surface area contributed by atoms with Crippen LogP contribution < -0.4 is 0 Å². The zero-order chi connectivity index (χ0) is 15.1. The summed E-state index contributed by atoms with van der Waals surface area (Å²) in [6.45, 7) is 5.29. The number of nitrogens with zero attached hydrogens (tertiary/aromatic N) is 2. The third-order valence-electron chi connectivity index (χ3n) is 3.57. The van der Waals surface area contributed by atoms with Crippen molar-refractivity contribution in [3.05, 3.63) is 51.0 Å². The number of rotatable bonds is 3. The van der Waals surface area contributed by atoms with Gasteiger partial charge in [0.2, 0.25) is 0 Å². The molecular formula is C15H18BrFN2O. The minimum absolute atomic E-state index is 0.303. The van der Waals surface area contributed by atoms with E-state index in [4.69, 9.17) is 0 Å². The number of aryl methyl sites for hydroxylation is 3. The molecule has 1 heterocycles. The zero-order valence-electron chi connectivity index (χ0n) is 12.0. The molecule has 0 bridgehead atoms. The highest BCUT2D eigenvalue weighted by Crippen LogP contribution is 2.30. The zero-order valence-corrected chi connectivity index (χ0v) is 13.6. The fourth-order valence-electron chi connectivity index (χ4n) is 2.23. The maximum absolute atomic E-state index is 13.7. The van der Waals surface area contributed by atoms with Gasteiger partial charge in [0.05, 0.1) is 21.5 Å². The summed E-state index contributed by atoms with van der Waals surface area (Å²) in [5, 5.41) is 15.0. The second kappa shape index (κ2) is 5.30. The van der Waals surface area contributed by atoms with Gasteiger partial charge in [-0.05, 0) is 53.9 Å². The van der Waals surface area contributed by atoms with Crippen LogP contribution in [0, 0.1) is 19.7 Å². The van der Waals surface area contributed by atoms with E-state index >= 15 is 0 Å². The molecule has 0 saturated heterocycles. The molecule has 0 amide bonds. The molecule has 5 heteroatoms. The molecule has 1 atom stereocenters. The van der Waals surface area contributed by atoms with Gasteiger partial charge in [-0.25, -0.2) is 4.39 Å². The van der Waals surface area contributed by atoms with Gasteiger partial charge in [-0.3, -0.25) is 4.68 Å². The number of aliphatic hydroxyl groups is 1. The van der Waals surface area contributed by atoms with E-state index in [1.165, 1.54) is 6.07 Å². The van der Waals surface area contributed by atoms with E-state index < -0.39 is 5.60 Å². The molecular weight excluding hydrogens is 323 g/mol. The van der Waals surface area contributed by atoms with Gasteiger partial charge in [0.1, 0.15) is 5.82 Å². The van der Waals surface area contributed by atoms with Gasteiger partial charge in [0.15, 0.2) is 0 Å². The second-order valence-electron chi connectivity index (χ2n) is 5.38. The normalized spacial score (nSPS) is 14.3. The van der Waals surface area contributed by atoms with Crippen molar-refractivity contribution in [3.8, 4) is 0 Å². The van der Waals surface area contributed by atoms with Gasteiger partial charge < -0.3 is 5.11 Å². The predicted molar refractivity (Wildman–Crippen MR) is 80.1 cm³/mol. The molecule has 1 aromatic heterocycles. The van der Waals surface area contributed by atoms with Gasteiger partial charge in [-0.2, -0.15) is 5.10 Å². The quantitative estimate of drug-likeness (QED) is 0.929. The molecule has 2 rings (SSSR count). The van der Waals surface area contributed by atoms with E-state index in [1.54, 1.807) is 30.7 Å². The highest BCUT2D eigenvalue weighted by Gasteiger charge is 2.27. The van der Waals surface area contributed by atoms with Crippen molar-refractivity contribution in [2.45, 2.75) is 32.8 Å². The topological polar surface area (TPSA) is 38.1 Å². The first kappa shape index (κ1) is 15.2. The Hall–Kier alpha value is -1.20. The Kier molecular flexibility index (Phi) is 4.02. The Morgan fingerprint density at radius 2 is 2.05 bits per heavy atom. The van der Waals surface area contributed by atoms with Crippen LogP contribution in [-0.2, 0) is 19.1 Å². The first-order valence-electron chi connectivity index (χ1n) is 6.39. The van der Waals surface area contributed by atoms with Crippen LogP contribution in [0.4, 0.5) is 4.39 Å². The monoisotopic (exact) mass is 340 g/mol. The summed E-state index contributed by atoms with van der Waals surface area (Å²) in [5.41, 5.74) is 1.73. The van der Waals surface area contributed by atoms with Gasteiger partial charge in [-0.15, -0.1) is 0 Å². The maximum atomic E-state index is 13.7. The number of benzene rings is 1. The summed E-state index contributed by atoms with van der Waals surface area (Å²) in [4.78, 5) is 0. The van der Waals surface area contributed by atoms with E-state index in [1.807, 2.05) is 14.0 Å². The van der Waals surface area contributed by atoms with Crippen LogP contribution in [0.15, 0.2) is 22.7 Å². The summed E-state index contributed by atoms with van der Waals surface area (Å²) in [6.07, 6.45) is 0.355. The molecule has 0 radical (unpaired) electrons. The van der Waals surface area contributed by atoms with Crippen molar-refractivity contribution >= 4 is 15.9 Å². The van der Waals surface area contributed by atoms with Crippen LogP contribution in [0.2, 0.25) is 0 Å². The van der Waals surface area contributed by atoms with Crippen molar-refractivity contribution in [2.75, 3.05) is 0 Å². The number of hydrogen-bond donors (Lipinski definition) is 1. The lowest BCUT2D eigenvalue weighted by atomic mass is 9.90. The highest BCUT2D eigenvalue weighted by molar-refractivity contribution is 9.10. The van der Waals surface area contributed by atoms with Crippen LogP contribution in [-0.4, -0.2) is 14.9 Å². The summed E-state index contributed by atoms with van der Waals surface area (Å²) < 4.78 is 16.3. The molecule has 1 unspecified atom stereocenters. The van der Waals surface area contributed by atoms with Crippen LogP contribution in [0.3, 0.4) is 0 Å². The van der Waals surface area contributed by atoms with Gasteiger partial charge in [0.25, 0.3) is 0 Å². The summed E-state index contributed by atoms with van der Waals surface area (Å²) in [5.74, 6) is -0.303. The van der Waals surface area contributed by atoms with E-state index in [0.29, 0.717) is 17.5 Å². The lowest BCUT2D eigenvalue weighted by Crippen LogP contribution is -2.26. The molecule has 0 aliphatic carbocycles. The summed E-state index contributed by atoms with van der Waals surface area (Å²) in [7, 11) is 1.83. The summed E-state index contributed by atoms with van der Waals surface area (Å²) >= 11 is 3.48. The Morgan fingerprint density at radius 3 is 2.55 bits per heavy atom. The molecule has 1 aromatic carbocycles. The smallest absolute Gasteiger partial charge is 0.126 e. The van der Waals surface area contributed by atoms with Gasteiger partial charge >= 0.3 is 0 Å². The fourth-order valence-corrected chi connectivity index (χ4v) is 2.70. The largest absolute Gasteiger partial charge is 0.385 e. The lowest BCUT2D eigenvalue weighted by Gasteiger charge is -2.24. The number of aromatic nitrogens is 2. The third kappa shape index (κ3) is 2.79. The standard InChI is InChI=1S/C15H18BrFN2O/c1-9-5-6-11(7-12(9)17)15(3,20)8-13-14(16)10(2)18-19(13)4/h5-7,20H,8H2,1-4H3. The van der Waals surface area contributed by atoms with Gasteiger partial charge in [-0.1, -0.05) is 12.1 Å². The summed E-state index contributed by atoms with van der Waals surface area (Å²) in [6, 6.07) is 4.84.